The van der Waals surface area contributed by atoms with Crippen LogP contribution in [0, 0.1) is 0 Å². The monoisotopic (exact) mass is 376 g/mol. The van der Waals surface area contributed by atoms with Crippen LogP contribution in [0.2, 0.25) is 0 Å². The van der Waals surface area contributed by atoms with Crippen molar-refractivity contribution in [2.75, 3.05) is 6.54 Å². The summed E-state index contributed by atoms with van der Waals surface area (Å²) in [6.07, 6.45) is 7.82. The Bertz CT molecular complexity index is 925. The van der Waals surface area contributed by atoms with Gasteiger partial charge >= 0.3 is 0 Å². The van der Waals surface area contributed by atoms with Crippen LogP contribution in [0.25, 0.3) is 0 Å². The number of aryl methyl sites for hydroxylation is 3. The molecule has 3 aromatic rings. The van der Waals surface area contributed by atoms with Crippen molar-refractivity contribution in [3.05, 3.63) is 71.8 Å². The quantitative estimate of drug-likeness (QED) is 0.660. The van der Waals surface area contributed by atoms with E-state index >= 15 is 0 Å². The Morgan fingerprint density at radius 1 is 1.11 bits per heavy atom. The molecule has 28 heavy (non-hydrogen) atoms. The number of amides is 1. The second-order valence-electron chi connectivity index (χ2n) is 7.21. The summed E-state index contributed by atoms with van der Waals surface area (Å²) in [4.78, 5) is 22.8. The van der Waals surface area contributed by atoms with Crippen molar-refractivity contribution in [3.8, 4) is 0 Å². The summed E-state index contributed by atoms with van der Waals surface area (Å²) in [6.45, 7) is 3.33. The highest BCUT2D eigenvalue weighted by Gasteiger charge is 2.28. The maximum atomic E-state index is 12.7. The Labute approximate surface area is 164 Å². The summed E-state index contributed by atoms with van der Waals surface area (Å²) < 4.78 is 2.20. The van der Waals surface area contributed by atoms with Crippen LogP contribution in [0.4, 0.5) is 0 Å². The molecule has 0 spiro atoms. The Balaban J connectivity index is 1.38. The van der Waals surface area contributed by atoms with Crippen LogP contribution in [0.1, 0.15) is 42.3 Å². The molecule has 144 valence electrons. The predicted molar refractivity (Wildman–Crippen MR) is 104 cm³/mol. The highest BCUT2D eigenvalue weighted by molar-refractivity contribution is 5.76. The molecule has 0 saturated heterocycles. The maximum Gasteiger partial charge on any atom is 0.223 e. The first-order chi connectivity index (χ1) is 13.7. The molecule has 1 amide bonds. The van der Waals surface area contributed by atoms with E-state index in [2.05, 4.69) is 55.9 Å². The van der Waals surface area contributed by atoms with Crippen molar-refractivity contribution in [1.29, 1.82) is 0 Å². The second-order valence-corrected chi connectivity index (χ2v) is 7.21. The van der Waals surface area contributed by atoms with E-state index in [0.717, 1.165) is 30.2 Å². The van der Waals surface area contributed by atoms with Crippen molar-refractivity contribution in [2.45, 2.75) is 45.2 Å². The molecule has 0 aliphatic carbocycles. The molecule has 2 aromatic heterocycles. The number of hydrogen-bond donors (Lipinski definition) is 0. The molecule has 0 N–H and O–H groups in total. The number of carbonyl (C=O) groups is 1. The van der Waals surface area contributed by atoms with Crippen LogP contribution >= 0.6 is 0 Å². The van der Waals surface area contributed by atoms with Crippen LogP contribution in [-0.4, -0.2) is 42.1 Å². The lowest BCUT2D eigenvalue weighted by Gasteiger charge is -2.32. The molecule has 1 aliphatic rings. The molecule has 1 aromatic carbocycles. The highest BCUT2D eigenvalue weighted by atomic mass is 16.2. The number of aromatic nitrogens is 5. The predicted octanol–water partition coefficient (Wildman–Crippen LogP) is 2.39. The van der Waals surface area contributed by atoms with Crippen molar-refractivity contribution in [2.24, 2.45) is 0 Å². The molecule has 0 bridgehead atoms. The van der Waals surface area contributed by atoms with Crippen LogP contribution in [-0.2, 0) is 30.6 Å². The molecule has 4 rings (SSSR count). The molecule has 7 nitrogen and oxygen atoms in total. The minimum atomic E-state index is 0.123. The van der Waals surface area contributed by atoms with Crippen LogP contribution in [0.3, 0.4) is 0 Å². The Kier molecular flexibility index (Phi) is 5.41. The van der Waals surface area contributed by atoms with Crippen molar-refractivity contribution < 1.29 is 4.79 Å². The maximum absolute atomic E-state index is 12.7. The van der Waals surface area contributed by atoms with Crippen molar-refractivity contribution in [3.63, 3.8) is 0 Å². The van der Waals surface area contributed by atoms with Gasteiger partial charge in [0.15, 0.2) is 5.82 Å². The summed E-state index contributed by atoms with van der Waals surface area (Å²) in [5, 5.41) is 8.77. The lowest BCUT2D eigenvalue weighted by molar-refractivity contribution is -0.133. The van der Waals surface area contributed by atoms with Gasteiger partial charge in [0.05, 0.1) is 18.3 Å². The number of nitrogens with zero attached hydrogens (tertiary/aromatic N) is 6. The fourth-order valence-electron chi connectivity index (χ4n) is 3.73. The van der Waals surface area contributed by atoms with E-state index in [4.69, 9.17) is 0 Å². The lowest BCUT2D eigenvalue weighted by atomic mass is 10.1. The Morgan fingerprint density at radius 2 is 1.96 bits per heavy atom. The van der Waals surface area contributed by atoms with Gasteiger partial charge in [-0.05, 0) is 25.3 Å². The van der Waals surface area contributed by atoms with Crippen LogP contribution < -0.4 is 0 Å². The molecule has 1 atom stereocenters. The van der Waals surface area contributed by atoms with Gasteiger partial charge in [0.2, 0.25) is 5.91 Å². The third-order valence-electron chi connectivity index (χ3n) is 5.14. The van der Waals surface area contributed by atoms with Gasteiger partial charge in [0, 0.05) is 38.0 Å². The summed E-state index contributed by atoms with van der Waals surface area (Å²) in [5.41, 5.74) is 2.14. The summed E-state index contributed by atoms with van der Waals surface area (Å²) in [5.74, 6) is 1.99. The Morgan fingerprint density at radius 3 is 2.75 bits per heavy atom. The SMILES string of the molecule is C[C@H]1CN(C(=O)CCc2cnccn2)Cc2nnc(CCc3ccccc3)n21. The zero-order valence-corrected chi connectivity index (χ0v) is 16.0. The molecule has 1 aliphatic heterocycles. The molecule has 7 heteroatoms. The average Bonchev–Trinajstić information content (AvgIpc) is 3.15. The average molecular weight is 376 g/mol. The van der Waals surface area contributed by atoms with Crippen molar-refractivity contribution >= 4 is 5.91 Å². The standard InChI is InChI=1S/C21H24N6O/c1-16-14-26(21(28)10-8-18-13-22-11-12-23-18)15-20-25-24-19(27(16)20)9-7-17-5-3-2-4-6-17/h2-6,11-13,16H,7-10,14-15H2,1H3/t16-/m0/s1. The molecular formula is C21H24N6O. The van der Waals surface area contributed by atoms with Gasteiger partial charge in [-0.2, -0.15) is 0 Å². The van der Waals surface area contributed by atoms with Gasteiger partial charge in [-0.1, -0.05) is 30.3 Å². The normalized spacial score (nSPS) is 16.0. The summed E-state index contributed by atoms with van der Waals surface area (Å²) in [7, 11) is 0. The van der Waals surface area contributed by atoms with E-state index < -0.39 is 0 Å². The van der Waals surface area contributed by atoms with E-state index in [0.29, 0.717) is 25.9 Å². The van der Waals surface area contributed by atoms with Gasteiger partial charge in [-0.25, -0.2) is 0 Å². The van der Waals surface area contributed by atoms with Crippen LogP contribution in [0.5, 0.6) is 0 Å². The zero-order valence-electron chi connectivity index (χ0n) is 16.0. The van der Waals surface area contributed by atoms with Gasteiger partial charge in [0.1, 0.15) is 5.82 Å². The molecule has 0 unspecified atom stereocenters. The minimum Gasteiger partial charge on any atom is -0.333 e. The second kappa shape index (κ2) is 8.29. The summed E-state index contributed by atoms with van der Waals surface area (Å²) >= 11 is 0. The third-order valence-corrected chi connectivity index (χ3v) is 5.14. The topological polar surface area (TPSA) is 76.8 Å². The first kappa shape index (κ1) is 18.3. The van der Waals surface area contributed by atoms with Gasteiger partial charge in [0.25, 0.3) is 0 Å². The molecule has 3 heterocycles. The number of hydrogen-bond acceptors (Lipinski definition) is 5. The number of benzene rings is 1. The number of fused-ring (bicyclic) bond motifs is 1. The largest absolute Gasteiger partial charge is 0.333 e. The first-order valence-electron chi connectivity index (χ1n) is 9.70. The van der Waals surface area contributed by atoms with E-state index in [-0.39, 0.29) is 11.9 Å². The van der Waals surface area contributed by atoms with E-state index in [1.807, 2.05) is 11.0 Å². The van der Waals surface area contributed by atoms with E-state index in [1.54, 1.807) is 18.6 Å². The third kappa shape index (κ3) is 4.08. The first-order valence-corrected chi connectivity index (χ1v) is 9.70. The highest BCUT2D eigenvalue weighted by Crippen LogP contribution is 2.23. The fourth-order valence-corrected chi connectivity index (χ4v) is 3.73. The number of carbonyl (C=O) groups excluding carboxylic acids is 1. The van der Waals surface area contributed by atoms with Gasteiger partial charge in [-0.15, -0.1) is 10.2 Å². The Hall–Kier alpha value is -3.09. The van der Waals surface area contributed by atoms with Crippen molar-refractivity contribution in [1.82, 2.24) is 29.6 Å². The zero-order chi connectivity index (χ0) is 19.3. The minimum absolute atomic E-state index is 0.123. The van der Waals surface area contributed by atoms with Crippen LogP contribution in [0.15, 0.2) is 48.9 Å². The summed E-state index contributed by atoms with van der Waals surface area (Å²) in [6, 6.07) is 10.6. The van der Waals surface area contributed by atoms with E-state index in [9.17, 15) is 4.79 Å². The van der Waals surface area contributed by atoms with Gasteiger partial charge in [-0.3, -0.25) is 14.8 Å². The lowest BCUT2D eigenvalue weighted by Crippen LogP contribution is -2.41. The molecular weight excluding hydrogens is 352 g/mol. The number of rotatable bonds is 6. The molecule has 0 radical (unpaired) electrons. The van der Waals surface area contributed by atoms with Gasteiger partial charge < -0.3 is 9.47 Å². The molecule has 0 saturated carbocycles. The smallest absolute Gasteiger partial charge is 0.223 e. The van der Waals surface area contributed by atoms with E-state index in [1.165, 1.54) is 5.56 Å². The molecule has 0 fully saturated rings. The fraction of sp³-hybridized carbons (Fsp3) is 0.381.